The molecule has 0 atom stereocenters. The predicted octanol–water partition coefficient (Wildman–Crippen LogP) is 2.64. The number of unbranched alkanes of at least 4 members (excludes halogenated alkanes) is 2. The zero-order valence-electron chi connectivity index (χ0n) is 10.2. The van der Waals surface area contributed by atoms with Crippen LogP contribution in [-0.4, -0.2) is 10.8 Å². The lowest BCUT2D eigenvalue weighted by Gasteiger charge is -2.01. The molecule has 1 heterocycles. The molecule has 0 spiro atoms. The maximum absolute atomic E-state index is 11.2. The fraction of sp³-hybridized carbons (Fsp3) is 0.417. The van der Waals surface area contributed by atoms with E-state index in [0.29, 0.717) is 12.0 Å². The quantitative estimate of drug-likeness (QED) is 0.349. The minimum absolute atomic E-state index is 0.270. The third kappa shape index (κ3) is 4.04. The van der Waals surface area contributed by atoms with E-state index in [-0.39, 0.29) is 11.6 Å². The summed E-state index contributed by atoms with van der Waals surface area (Å²) in [5.74, 6) is -0.601. The molecular weight excluding hydrogens is 236 g/mol. The molecule has 0 saturated carbocycles. The number of amides is 1. The first-order valence-electron chi connectivity index (χ1n) is 5.79. The second-order valence-electron chi connectivity index (χ2n) is 3.92. The van der Waals surface area contributed by atoms with Crippen LogP contribution in [0.2, 0.25) is 0 Å². The summed E-state index contributed by atoms with van der Waals surface area (Å²) in [7, 11) is 0. The third-order valence-corrected chi connectivity index (χ3v) is 2.48. The maximum Gasteiger partial charge on any atom is 0.433 e. The Balaban J connectivity index is 2.79. The molecule has 1 rings (SSSR count). The number of furan rings is 1. The van der Waals surface area contributed by atoms with Crippen molar-refractivity contribution in [2.24, 2.45) is 5.73 Å². The first kappa shape index (κ1) is 14.0. The second kappa shape index (κ2) is 6.58. The van der Waals surface area contributed by atoms with Crippen molar-refractivity contribution in [3.63, 3.8) is 0 Å². The highest BCUT2D eigenvalue weighted by molar-refractivity contribution is 5.96. The van der Waals surface area contributed by atoms with Gasteiger partial charge in [-0.2, -0.15) is 0 Å². The van der Waals surface area contributed by atoms with Crippen LogP contribution in [0.1, 0.15) is 38.4 Å². The van der Waals surface area contributed by atoms with Gasteiger partial charge in [-0.05, 0) is 25.0 Å². The number of nitrogens with zero attached hydrogens (tertiary/aromatic N) is 1. The van der Waals surface area contributed by atoms with E-state index in [9.17, 15) is 14.9 Å². The van der Waals surface area contributed by atoms with Crippen LogP contribution < -0.4 is 5.73 Å². The molecule has 0 radical (unpaired) electrons. The van der Waals surface area contributed by atoms with E-state index in [4.69, 9.17) is 10.2 Å². The van der Waals surface area contributed by atoms with Gasteiger partial charge in [0.05, 0.1) is 6.07 Å². The van der Waals surface area contributed by atoms with Crippen LogP contribution in [0.3, 0.4) is 0 Å². The lowest BCUT2D eigenvalue weighted by molar-refractivity contribution is -0.402. The zero-order valence-corrected chi connectivity index (χ0v) is 10.2. The molecule has 1 aromatic rings. The number of primary amides is 1. The van der Waals surface area contributed by atoms with E-state index in [1.165, 1.54) is 18.2 Å². The summed E-state index contributed by atoms with van der Waals surface area (Å²) in [6.45, 7) is 2.06. The average molecular weight is 252 g/mol. The minimum atomic E-state index is -0.627. The molecule has 0 unspecified atom stereocenters. The van der Waals surface area contributed by atoms with Crippen molar-refractivity contribution in [3.05, 3.63) is 33.6 Å². The molecule has 0 aromatic carbocycles. The van der Waals surface area contributed by atoms with Gasteiger partial charge in [0, 0.05) is 5.57 Å². The van der Waals surface area contributed by atoms with E-state index in [1.54, 1.807) is 0 Å². The van der Waals surface area contributed by atoms with Gasteiger partial charge in [-0.25, -0.2) is 0 Å². The Kier molecular flexibility index (Phi) is 5.10. The van der Waals surface area contributed by atoms with Gasteiger partial charge >= 0.3 is 5.88 Å². The molecule has 6 heteroatoms. The average Bonchev–Trinajstić information content (AvgIpc) is 2.76. The fourth-order valence-electron chi connectivity index (χ4n) is 1.52. The van der Waals surface area contributed by atoms with Gasteiger partial charge in [0.25, 0.3) is 0 Å². The Morgan fingerprint density at radius 3 is 2.72 bits per heavy atom. The number of carbonyl (C=O) groups is 1. The summed E-state index contributed by atoms with van der Waals surface area (Å²) in [6, 6.07) is 2.69. The van der Waals surface area contributed by atoms with Crippen molar-refractivity contribution >= 4 is 17.9 Å². The Bertz CT molecular complexity index is 462. The van der Waals surface area contributed by atoms with Gasteiger partial charge in [-0.1, -0.05) is 19.8 Å². The van der Waals surface area contributed by atoms with E-state index < -0.39 is 10.8 Å². The SMILES string of the molecule is CCCCC/C(=C/c1ccc([N+](=O)[O-])o1)C(N)=O. The molecule has 0 saturated heterocycles. The number of carbonyl (C=O) groups excluding carboxylic acids is 1. The van der Waals surface area contributed by atoms with Crippen molar-refractivity contribution < 1.29 is 14.1 Å². The minimum Gasteiger partial charge on any atom is -0.401 e. The predicted molar refractivity (Wildman–Crippen MR) is 66.7 cm³/mol. The Labute approximate surface area is 105 Å². The summed E-state index contributed by atoms with van der Waals surface area (Å²) in [4.78, 5) is 21.0. The van der Waals surface area contributed by atoms with Crippen molar-refractivity contribution in [3.8, 4) is 0 Å². The van der Waals surface area contributed by atoms with Crippen LogP contribution in [0.25, 0.3) is 6.08 Å². The molecule has 0 aliphatic heterocycles. The highest BCUT2D eigenvalue weighted by Crippen LogP contribution is 2.19. The first-order valence-corrected chi connectivity index (χ1v) is 5.79. The molecule has 0 aliphatic carbocycles. The molecule has 2 N–H and O–H groups in total. The Hall–Kier alpha value is -2.11. The summed E-state index contributed by atoms with van der Waals surface area (Å²) < 4.78 is 4.95. The van der Waals surface area contributed by atoms with E-state index in [1.807, 2.05) is 0 Å². The molecule has 18 heavy (non-hydrogen) atoms. The van der Waals surface area contributed by atoms with Crippen LogP contribution in [-0.2, 0) is 4.79 Å². The monoisotopic (exact) mass is 252 g/mol. The summed E-state index contributed by atoms with van der Waals surface area (Å²) in [6.07, 6.45) is 4.91. The summed E-state index contributed by atoms with van der Waals surface area (Å²) in [5, 5.41) is 10.4. The highest BCUT2D eigenvalue weighted by Gasteiger charge is 2.12. The van der Waals surface area contributed by atoms with Crippen LogP contribution in [0.5, 0.6) is 0 Å². The number of hydrogen-bond donors (Lipinski definition) is 1. The summed E-state index contributed by atoms with van der Waals surface area (Å²) >= 11 is 0. The standard InChI is InChI=1S/C12H16N2O4/c1-2-3-4-5-9(12(13)15)8-10-6-7-11(18-10)14(16)17/h6-8H,2-5H2,1H3,(H2,13,15)/b9-8-. The zero-order chi connectivity index (χ0) is 13.5. The molecule has 6 nitrogen and oxygen atoms in total. The molecule has 1 aromatic heterocycles. The lowest BCUT2D eigenvalue weighted by atomic mass is 10.1. The van der Waals surface area contributed by atoms with Gasteiger partial charge < -0.3 is 10.2 Å². The maximum atomic E-state index is 11.2. The van der Waals surface area contributed by atoms with Crippen molar-refractivity contribution in [1.82, 2.24) is 0 Å². The number of hydrogen-bond acceptors (Lipinski definition) is 4. The second-order valence-corrected chi connectivity index (χ2v) is 3.92. The molecule has 0 fully saturated rings. The lowest BCUT2D eigenvalue weighted by Crippen LogP contribution is -2.13. The number of rotatable bonds is 7. The molecular formula is C12H16N2O4. The van der Waals surface area contributed by atoms with Crippen molar-refractivity contribution in [2.75, 3.05) is 0 Å². The van der Waals surface area contributed by atoms with Crippen LogP contribution >= 0.6 is 0 Å². The highest BCUT2D eigenvalue weighted by atomic mass is 16.6. The van der Waals surface area contributed by atoms with Crippen molar-refractivity contribution in [1.29, 1.82) is 0 Å². The molecule has 0 bridgehead atoms. The fourth-order valence-corrected chi connectivity index (χ4v) is 1.52. The van der Waals surface area contributed by atoms with Gasteiger partial charge in [0.1, 0.15) is 10.7 Å². The van der Waals surface area contributed by atoms with E-state index >= 15 is 0 Å². The topological polar surface area (TPSA) is 99.4 Å². The van der Waals surface area contributed by atoms with E-state index in [2.05, 4.69) is 6.92 Å². The van der Waals surface area contributed by atoms with Gasteiger partial charge in [-0.15, -0.1) is 0 Å². The molecule has 98 valence electrons. The Morgan fingerprint density at radius 2 is 2.22 bits per heavy atom. The first-order chi connectivity index (χ1) is 8.54. The van der Waals surface area contributed by atoms with Crippen LogP contribution in [0.15, 0.2) is 22.1 Å². The van der Waals surface area contributed by atoms with E-state index in [0.717, 1.165) is 19.3 Å². The van der Waals surface area contributed by atoms with Gasteiger partial charge in [-0.3, -0.25) is 14.9 Å². The normalized spacial score (nSPS) is 11.5. The third-order valence-electron chi connectivity index (χ3n) is 2.48. The Morgan fingerprint density at radius 1 is 1.50 bits per heavy atom. The summed E-state index contributed by atoms with van der Waals surface area (Å²) in [5.41, 5.74) is 5.67. The van der Waals surface area contributed by atoms with Gasteiger partial charge in [0.2, 0.25) is 5.91 Å². The van der Waals surface area contributed by atoms with Crippen LogP contribution in [0.4, 0.5) is 5.88 Å². The number of nitrogens with two attached hydrogens (primary N) is 1. The number of nitro groups is 1. The van der Waals surface area contributed by atoms with Gasteiger partial charge in [0.15, 0.2) is 0 Å². The van der Waals surface area contributed by atoms with Crippen LogP contribution in [0, 0.1) is 10.1 Å². The van der Waals surface area contributed by atoms with Crippen molar-refractivity contribution in [2.45, 2.75) is 32.6 Å². The molecule has 0 aliphatic rings. The largest absolute Gasteiger partial charge is 0.433 e. The smallest absolute Gasteiger partial charge is 0.401 e. The molecule has 1 amide bonds.